The highest BCUT2D eigenvalue weighted by Crippen LogP contribution is 2.15. The van der Waals surface area contributed by atoms with Gasteiger partial charge in [-0.3, -0.25) is 14.7 Å². The van der Waals surface area contributed by atoms with Crippen LogP contribution in [0.5, 0.6) is 0 Å². The van der Waals surface area contributed by atoms with Crippen molar-refractivity contribution in [2.75, 3.05) is 26.2 Å². The fourth-order valence-corrected chi connectivity index (χ4v) is 2.82. The predicted molar refractivity (Wildman–Crippen MR) is 83.8 cm³/mol. The molecule has 1 aliphatic heterocycles. The Morgan fingerprint density at radius 2 is 2.33 bits per heavy atom. The highest BCUT2D eigenvalue weighted by molar-refractivity contribution is 5.77. The molecule has 5 heteroatoms. The molecule has 0 aliphatic carbocycles. The van der Waals surface area contributed by atoms with Gasteiger partial charge >= 0.3 is 0 Å². The van der Waals surface area contributed by atoms with Gasteiger partial charge in [-0.2, -0.15) is 0 Å². The first-order valence-electron chi connectivity index (χ1n) is 7.91. The molecule has 1 aliphatic rings. The number of rotatable bonds is 6. The number of amides is 1. The average Bonchev–Trinajstić information content (AvgIpc) is 2.77. The third kappa shape index (κ3) is 5.44. The van der Waals surface area contributed by atoms with Crippen molar-refractivity contribution in [3.05, 3.63) is 30.1 Å². The van der Waals surface area contributed by atoms with Gasteiger partial charge in [-0.15, -0.1) is 0 Å². The first-order chi connectivity index (χ1) is 10.3. The molecule has 5 nitrogen and oxygen atoms in total. The van der Waals surface area contributed by atoms with Gasteiger partial charge < -0.3 is 10.6 Å². The summed E-state index contributed by atoms with van der Waals surface area (Å²) in [6, 6.07) is 6.40. The summed E-state index contributed by atoms with van der Waals surface area (Å²) in [5.41, 5.74) is 1.03. The lowest BCUT2D eigenvalue weighted by Gasteiger charge is -2.30. The van der Waals surface area contributed by atoms with Crippen molar-refractivity contribution < 1.29 is 4.79 Å². The molecule has 116 valence electrons. The van der Waals surface area contributed by atoms with E-state index in [1.54, 1.807) is 0 Å². The Morgan fingerprint density at radius 1 is 1.43 bits per heavy atom. The van der Waals surface area contributed by atoms with E-state index in [4.69, 9.17) is 0 Å². The van der Waals surface area contributed by atoms with Crippen molar-refractivity contribution in [1.82, 2.24) is 20.5 Å². The van der Waals surface area contributed by atoms with Gasteiger partial charge in [0.05, 0.1) is 12.2 Å². The summed E-state index contributed by atoms with van der Waals surface area (Å²) in [4.78, 5) is 18.7. The van der Waals surface area contributed by atoms with Gasteiger partial charge in [0, 0.05) is 25.3 Å². The molecule has 2 N–H and O–H groups in total. The summed E-state index contributed by atoms with van der Waals surface area (Å²) in [6.45, 7) is 5.94. The van der Waals surface area contributed by atoms with Crippen LogP contribution in [-0.2, 0) is 11.3 Å². The number of nitrogens with zero attached hydrogens (tertiary/aromatic N) is 2. The van der Waals surface area contributed by atoms with Crippen LogP contribution in [0.1, 0.15) is 31.9 Å². The van der Waals surface area contributed by atoms with Crippen LogP contribution in [0, 0.1) is 0 Å². The number of carbonyl (C=O) groups excluding carboxylic acids is 1. The monoisotopic (exact) mass is 290 g/mol. The molecule has 1 unspecified atom stereocenters. The smallest absolute Gasteiger partial charge is 0.234 e. The number of aromatic nitrogens is 1. The Morgan fingerprint density at radius 3 is 3.10 bits per heavy atom. The fraction of sp³-hybridized carbons (Fsp3) is 0.625. The van der Waals surface area contributed by atoms with Gasteiger partial charge in [-0.25, -0.2) is 0 Å². The number of nitrogens with one attached hydrogen (secondary N) is 2. The molecule has 1 aromatic rings. The molecule has 1 fully saturated rings. The van der Waals surface area contributed by atoms with Crippen LogP contribution in [0.3, 0.4) is 0 Å². The maximum Gasteiger partial charge on any atom is 0.234 e. The number of carbonyl (C=O) groups is 1. The van der Waals surface area contributed by atoms with E-state index in [-0.39, 0.29) is 5.91 Å². The van der Waals surface area contributed by atoms with E-state index in [9.17, 15) is 4.79 Å². The second-order valence-electron chi connectivity index (χ2n) is 5.51. The Balaban J connectivity index is 2.03. The van der Waals surface area contributed by atoms with Crippen LogP contribution in [0.25, 0.3) is 0 Å². The lowest BCUT2D eigenvalue weighted by atomic mass is 10.1. The minimum atomic E-state index is 0.102. The maximum atomic E-state index is 12.0. The first kappa shape index (κ1) is 15.9. The second kappa shape index (κ2) is 8.74. The Hall–Kier alpha value is -1.46. The SMILES string of the molecule is CCNC(=O)CN(Cc1ccccn1)C1CCCNCC1. The Bertz CT molecular complexity index is 416. The molecular weight excluding hydrogens is 264 g/mol. The quantitative estimate of drug-likeness (QED) is 0.825. The van der Waals surface area contributed by atoms with Gasteiger partial charge in [0.2, 0.25) is 5.91 Å². The van der Waals surface area contributed by atoms with Crippen LogP contribution in [0.2, 0.25) is 0 Å². The molecule has 1 amide bonds. The van der Waals surface area contributed by atoms with E-state index < -0.39 is 0 Å². The summed E-state index contributed by atoms with van der Waals surface area (Å²) in [6.07, 6.45) is 5.21. The molecule has 0 bridgehead atoms. The van der Waals surface area contributed by atoms with E-state index in [1.807, 2.05) is 31.3 Å². The molecule has 2 heterocycles. The zero-order valence-corrected chi connectivity index (χ0v) is 12.8. The van der Waals surface area contributed by atoms with Gasteiger partial charge in [0.1, 0.15) is 0 Å². The highest BCUT2D eigenvalue weighted by atomic mass is 16.2. The molecule has 0 saturated carbocycles. The Labute approximate surface area is 127 Å². The average molecular weight is 290 g/mol. The van der Waals surface area contributed by atoms with Crippen LogP contribution >= 0.6 is 0 Å². The van der Waals surface area contributed by atoms with Crippen LogP contribution in [-0.4, -0.2) is 48.0 Å². The van der Waals surface area contributed by atoms with Crippen LogP contribution < -0.4 is 10.6 Å². The lowest BCUT2D eigenvalue weighted by molar-refractivity contribution is -0.123. The van der Waals surface area contributed by atoms with Crippen molar-refractivity contribution in [1.29, 1.82) is 0 Å². The van der Waals surface area contributed by atoms with E-state index in [0.29, 0.717) is 19.1 Å². The van der Waals surface area contributed by atoms with Crippen LogP contribution in [0.15, 0.2) is 24.4 Å². The number of likely N-dealkylation sites (N-methyl/N-ethyl adjacent to an activating group) is 1. The van der Waals surface area contributed by atoms with Crippen LogP contribution in [0.4, 0.5) is 0 Å². The van der Waals surface area contributed by atoms with Crippen molar-refractivity contribution in [3.8, 4) is 0 Å². The second-order valence-corrected chi connectivity index (χ2v) is 5.51. The number of pyridine rings is 1. The predicted octanol–water partition coefficient (Wildman–Crippen LogP) is 1.16. The van der Waals surface area contributed by atoms with E-state index in [1.165, 1.54) is 6.42 Å². The van der Waals surface area contributed by atoms with E-state index in [0.717, 1.165) is 38.2 Å². The highest BCUT2D eigenvalue weighted by Gasteiger charge is 2.22. The summed E-state index contributed by atoms with van der Waals surface area (Å²) in [5, 5.41) is 6.33. The molecule has 21 heavy (non-hydrogen) atoms. The first-order valence-corrected chi connectivity index (χ1v) is 7.91. The van der Waals surface area contributed by atoms with Gasteiger partial charge in [0.15, 0.2) is 0 Å². The normalized spacial score (nSPS) is 19.2. The summed E-state index contributed by atoms with van der Waals surface area (Å²) in [5.74, 6) is 0.102. The van der Waals surface area contributed by atoms with Crippen molar-refractivity contribution in [2.24, 2.45) is 0 Å². The number of hydrogen-bond donors (Lipinski definition) is 2. The van der Waals surface area contributed by atoms with Gasteiger partial charge in [0.25, 0.3) is 0 Å². The minimum Gasteiger partial charge on any atom is -0.355 e. The Kier molecular flexibility index (Phi) is 6.63. The fourth-order valence-electron chi connectivity index (χ4n) is 2.82. The molecule has 1 aromatic heterocycles. The van der Waals surface area contributed by atoms with Gasteiger partial charge in [-0.05, 0) is 51.4 Å². The van der Waals surface area contributed by atoms with E-state index in [2.05, 4.69) is 20.5 Å². The summed E-state index contributed by atoms with van der Waals surface area (Å²) in [7, 11) is 0. The third-order valence-electron chi connectivity index (χ3n) is 3.87. The third-order valence-corrected chi connectivity index (χ3v) is 3.87. The van der Waals surface area contributed by atoms with Gasteiger partial charge in [-0.1, -0.05) is 6.07 Å². The lowest BCUT2D eigenvalue weighted by Crippen LogP contribution is -2.43. The molecule has 1 atom stereocenters. The standard InChI is InChI=1S/C16H26N4O/c1-2-18-16(21)13-20(12-14-6-3-4-10-19-14)15-7-5-9-17-11-8-15/h3-4,6,10,15,17H,2,5,7-9,11-13H2,1H3,(H,18,21). The molecule has 1 saturated heterocycles. The minimum absolute atomic E-state index is 0.102. The summed E-state index contributed by atoms with van der Waals surface area (Å²) < 4.78 is 0. The zero-order chi connectivity index (χ0) is 14.9. The van der Waals surface area contributed by atoms with Crippen molar-refractivity contribution in [3.63, 3.8) is 0 Å². The maximum absolute atomic E-state index is 12.0. The summed E-state index contributed by atoms with van der Waals surface area (Å²) >= 11 is 0. The van der Waals surface area contributed by atoms with Crippen molar-refractivity contribution >= 4 is 5.91 Å². The molecular formula is C16H26N4O. The molecule has 2 rings (SSSR count). The largest absolute Gasteiger partial charge is 0.355 e. The topological polar surface area (TPSA) is 57.3 Å². The zero-order valence-electron chi connectivity index (χ0n) is 12.8. The van der Waals surface area contributed by atoms with Crippen molar-refractivity contribution in [2.45, 2.75) is 38.8 Å². The number of hydrogen-bond acceptors (Lipinski definition) is 4. The molecule has 0 spiro atoms. The molecule has 0 aromatic carbocycles. The molecule has 0 radical (unpaired) electrons. The van der Waals surface area contributed by atoms with E-state index >= 15 is 0 Å².